The average Bonchev–Trinajstić information content (AvgIpc) is 3.25. The number of nitrogens with one attached hydrogen (secondary N) is 1. The Morgan fingerprint density at radius 1 is 1.23 bits per heavy atom. The molecule has 0 bridgehead atoms. The van der Waals surface area contributed by atoms with Gasteiger partial charge in [-0.25, -0.2) is 9.78 Å². The van der Waals surface area contributed by atoms with Crippen molar-refractivity contribution in [1.29, 1.82) is 0 Å². The number of carbonyl (C=O) groups excluding carboxylic acids is 1. The molecule has 0 aliphatic carbocycles. The summed E-state index contributed by atoms with van der Waals surface area (Å²) < 4.78 is 48.8. The van der Waals surface area contributed by atoms with Gasteiger partial charge in [-0.2, -0.15) is 13.2 Å². The lowest BCUT2D eigenvalue weighted by Crippen LogP contribution is -2.19. The van der Waals surface area contributed by atoms with Crippen LogP contribution in [0.3, 0.4) is 0 Å². The first kappa shape index (κ1) is 20.9. The molecule has 162 valence electrons. The molecule has 4 rings (SSSR count). The normalized spacial score (nSPS) is 11.8. The van der Waals surface area contributed by atoms with Crippen molar-refractivity contribution in [3.8, 4) is 5.75 Å². The molecule has 0 spiro atoms. The summed E-state index contributed by atoms with van der Waals surface area (Å²) in [5.41, 5.74) is 1.70. The molecular weight excluding hydrogens is 435 g/mol. The fourth-order valence-corrected chi connectivity index (χ4v) is 3.93. The molecule has 7 nitrogen and oxygen atoms in total. The number of aromatic nitrogens is 2. The molecule has 2 aromatic heterocycles. The van der Waals surface area contributed by atoms with E-state index in [1.54, 1.807) is 24.3 Å². The van der Waals surface area contributed by atoms with Crippen LogP contribution in [0.15, 0.2) is 51.7 Å². The van der Waals surface area contributed by atoms with Crippen molar-refractivity contribution in [1.82, 2.24) is 9.55 Å². The van der Waals surface area contributed by atoms with Crippen molar-refractivity contribution in [2.75, 3.05) is 11.9 Å². The summed E-state index contributed by atoms with van der Waals surface area (Å²) in [4.78, 5) is 28.4. The van der Waals surface area contributed by atoms with E-state index in [2.05, 4.69) is 10.3 Å². The summed E-state index contributed by atoms with van der Waals surface area (Å²) >= 11 is 1.13. The lowest BCUT2D eigenvalue weighted by atomic mass is 10.3. The number of para-hydroxylation sites is 2. The highest BCUT2D eigenvalue weighted by Gasteiger charge is 2.28. The molecule has 2 aromatic carbocycles. The van der Waals surface area contributed by atoms with Gasteiger partial charge in [-0.1, -0.05) is 23.5 Å². The molecule has 0 aliphatic rings. The van der Waals surface area contributed by atoms with Gasteiger partial charge >= 0.3 is 11.9 Å². The zero-order valence-electron chi connectivity index (χ0n) is 15.9. The number of hydrogen-bond acceptors (Lipinski definition) is 6. The van der Waals surface area contributed by atoms with Crippen LogP contribution in [0.1, 0.15) is 12.8 Å². The standard InChI is InChI=1S/C20H16F3N3O4S/c21-20(22,23)11-29-12-7-8-13-16(10-12)31-18(24-13)25-17(27)6-3-9-26-14-4-1-2-5-15(14)30-19(26)28/h1-2,4-5,7-8,10H,3,6,9,11H2,(H,24,25,27). The number of anilines is 1. The van der Waals surface area contributed by atoms with Crippen molar-refractivity contribution >= 4 is 43.7 Å². The minimum atomic E-state index is -4.42. The zero-order chi connectivity index (χ0) is 22.0. The molecule has 1 amide bonds. The van der Waals surface area contributed by atoms with Gasteiger partial charge < -0.3 is 14.5 Å². The van der Waals surface area contributed by atoms with E-state index in [-0.39, 0.29) is 18.1 Å². The quantitative estimate of drug-likeness (QED) is 0.445. The van der Waals surface area contributed by atoms with Crippen molar-refractivity contribution in [3.05, 3.63) is 53.0 Å². The van der Waals surface area contributed by atoms with Crippen LogP contribution in [-0.2, 0) is 11.3 Å². The second-order valence-electron chi connectivity index (χ2n) is 6.69. The Labute approximate surface area is 177 Å². The number of fused-ring (bicyclic) bond motifs is 2. The lowest BCUT2D eigenvalue weighted by Gasteiger charge is -2.08. The molecular formula is C20H16F3N3O4S. The molecule has 0 saturated carbocycles. The summed E-state index contributed by atoms with van der Waals surface area (Å²) in [6, 6.07) is 11.4. The van der Waals surface area contributed by atoms with Crippen LogP contribution in [0.4, 0.5) is 18.3 Å². The number of hydrogen-bond donors (Lipinski definition) is 1. The maximum absolute atomic E-state index is 12.3. The Balaban J connectivity index is 1.35. The Bertz CT molecular complexity index is 1290. The summed E-state index contributed by atoms with van der Waals surface area (Å²) in [7, 11) is 0. The van der Waals surface area contributed by atoms with E-state index < -0.39 is 18.5 Å². The van der Waals surface area contributed by atoms with E-state index in [1.807, 2.05) is 0 Å². The van der Waals surface area contributed by atoms with Gasteiger partial charge in [0.25, 0.3) is 0 Å². The fraction of sp³-hybridized carbons (Fsp3) is 0.250. The monoisotopic (exact) mass is 451 g/mol. The third-order valence-corrected chi connectivity index (χ3v) is 5.30. The van der Waals surface area contributed by atoms with E-state index in [9.17, 15) is 22.8 Å². The van der Waals surface area contributed by atoms with Gasteiger partial charge in [0.2, 0.25) is 5.91 Å². The minimum absolute atomic E-state index is 0.0733. The van der Waals surface area contributed by atoms with Gasteiger partial charge in [-0.05, 0) is 36.8 Å². The molecule has 0 aliphatic heterocycles. The number of rotatable bonds is 7. The molecule has 0 fully saturated rings. The SMILES string of the molecule is O=C(CCCn1c(=O)oc2ccccc21)Nc1nc2ccc(OCC(F)(F)F)cc2s1. The number of thiazole rings is 1. The largest absolute Gasteiger partial charge is 0.484 e. The highest BCUT2D eigenvalue weighted by Crippen LogP contribution is 2.30. The summed E-state index contributed by atoms with van der Waals surface area (Å²) in [5.74, 6) is -0.686. The third-order valence-electron chi connectivity index (χ3n) is 4.37. The van der Waals surface area contributed by atoms with Crippen LogP contribution in [0.5, 0.6) is 5.75 Å². The Hall–Kier alpha value is -3.34. The number of benzene rings is 2. The first-order valence-corrected chi connectivity index (χ1v) is 10.1. The Morgan fingerprint density at radius 2 is 2.03 bits per heavy atom. The Morgan fingerprint density at radius 3 is 2.84 bits per heavy atom. The maximum Gasteiger partial charge on any atom is 0.422 e. The number of oxazole rings is 1. The molecule has 0 atom stereocenters. The number of nitrogens with zero attached hydrogens (tertiary/aromatic N) is 2. The van der Waals surface area contributed by atoms with Crippen molar-refractivity contribution in [3.63, 3.8) is 0 Å². The van der Waals surface area contributed by atoms with Crippen LogP contribution in [-0.4, -0.2) is 28.2 Å². The number of alkyl halides is 3. The number of carbonyl (C=O) groups is 1. The lowest BCUT2D eigenvalue weighted by molar-refractivity contribution is -0.153. The summed E-state index contributed by atoms with van der Waals surface area (Å²) in [6.45, 7) is -1.06. The van der Waals surface area contributed by atoms with Gasteiger partial charge in [0.1, 0.15) is 5.75 Å². The maximum atomic E-state index is 12.3. The number of ether oxygens (including phenoxy) is 1. The topological polar surface area (TPSA) is 86.4 Å². The molecule has 31 heavy (non-hydrogen) atoms. The van der Waals surface area contributed by atoms with E-state index in [0.29, 0.717) is 39.4 Å². The predicted octanol–water partition coefficient (Wildman–Crippen LogP) is 4.56. The van der Waals surface area contributed by atoms with Crippen molar-refractivity contribution < 1.29 is 27.1 Å². The van der Waals surface area contributed by atoms with Crippen LogP contribution < -0.4 is 15.8 Å². The number of amides is 1. The van der Waals surface area contributed by atoms with Gasteiger partial charge in [-0.15, -0.1) is 0 Å². The highest BCUT2D eigenvalue weighted by molar-refractivity contribution is 7.22. The van der Waals surface area contributed by atoms with E-state index in [1.165, 1.54) is 22.8 Å². The second-order valence-corrected chi connectivity index (χ2v) is 7.72. The molecule has 4 aromatic rings. The third kappa shape index (κ3) is 5.05. The van der Waals surface area contributed by atoms with Crippen LogP contribution in [0.2, 0.25) is 0 Å². The Kier molecular flexibility index (Phi) is 5.68. The molecule has 0 saturated heterocycles. The van der Waals surface area contributed by atoms with Gasteiger partial charge in [0.15, 0.2) is 17.3 Å². The first-order chi connectivity index (χ1) is 14.8. The van der Waals surface area contributed by atoms with Crippen LogP contribution in [0, 0.1) is 0 Å². The van der Waals surface area contributed by atoms with Crippen molar-refractivity contribution in [2.24, 2.45) is 0 Å². The second kappa shape index (κ2) is 8.42. The number of aryl methyl sites for hydroxylation is 1. The molecule has 0 radical (unpaired) electrons. The summed E-state index contributed by atoms with van der Waals surface area (Å²) in [5, 5.41) is 3.01. The number of halogens is 3. The molecule has 0 unspecified atom stereocenters. The van der Waals surface area contributed by atoms with Gasteiger partial charge in [0.05, 0.1) is 15.7 Å². The van der Waals surface area contributed by atoms with Crippen LogP contribution in [0.25, 0.3) is 21.3 Å². The predicted molar refractivity (Wildman–Crippen MR) is 110 cm³/mol. The fourth-order valence-electron chi connectivity index (χ4n) is 3.02. The average molecular weight is 451 g/mol. The van der Waals surface area contributed by atoms with E-state index >= 15 is 0 Å². The molecule has 1 N–H and O–H groups in total. The van der Waals surface area contributed by atoms with Gasteiger partial charge in [0, 0.05) is 13.0 Å². The van der Waals surface area contributed by atoms with E-state index in [4.69, 9.17) is 9.15 Å². The summed E-state index contributed by atoms with van der Waals surface area (Å²) in [6.07, 6.45) is -3.85. The zero-order valence-corrected chi connectivity index (χ0v) is 16.8. The molecule has 11 heteroatoms. The van der Waals surface area contributed by atoms with Crippen molar-refractivity contribution in [2.45, 2.75) is 25.6 Å². The molecule has 2 heterocycles. The minimum Gasteiger partial charge on any atom is -0.484 e. The van der Waals surface area contributed by atoms with E-state index in [0.717, 1.165) is 11.3 Å². The highest BCUT2D eigenvalue weighted by atomic mass is 32.1. The smallest absolute Gasteiger partial charge is 0.422 e. The van der Waals surface area contributed by atoms with Gasteiger partial charge in [-0.3, -0.25) is 9.36 Å². The van der Waals surface area contributed by atoms with Crippen LogP contribution >= 0.6 is 11.3 Å². The first-order valence-electron chi connectivity index (χ1n) is 9.27.